The average Bonchev–Trinajstić information content (AvgIpc) is 2.49. The number of hydrogen-bond acceptors (Lipinski definition) is 5. The maximum Gasteiger partial charge on any atom is 0.311 e. The molecule has 2 aromatic carbocycles. The predicted octanol–water partition coefficient (Wildman–Crippen LogP) is 1.99. The van der Waals surface area contributed by atoms with Crippen molar-refractivity contribution in [2.75, 3.05) is 0 Å². The molecule has 0 fully saturated rings. The van der Waals surface area contributed by atoms with E-state index in [1.54, 1.807) is 0 Å². The van der Waals surface area contributed by atoms with Gasteiger partial charge in [-0.25, -0.2) is 5.43 Å². The van der Waals surface area contributed by atoms with Crippen molar-refractivity contribution in [3.05, 3.63) is 69.8 Å². The van der Waals surface area contributed by atoms with E-state index in [-0.39, 0.29) is 17.9 Å². The third-order valence-electron chi connectivity index (χ3n) is 2.84. The molecule has 0 aliphatic rings. The fourth-order valence-electron chi connectivity index (χ4n) is 1.79. The first-order chi connectivity index (χ1) is 10.6. The van der Waals surface area contributed by atoms with Crippen LogP contribution in [0.1, 0.15) is 11.1 Å². The van der Waals surface area contributed by atoms with Gasteiger partial charge in [0.05, 0.1) is 17.6 Å². The predicted molar refractivity (Wildman–Crippen MR) is 80.6 cm³/mol. The third-order valence-corrected chi connectivity index (χ3v) is 2.84. The van der Waals surface area contributed by atoms with Gasteiger partial charge in [0.25, 0.3) is 0 Å². The third kappa shape index (κ3) is 3.89. The SMILES string of the molecule is O=C(Cc1ccccc1)N/N=C/c1cccc([N+](=O)[O-])c1O. The lowest BCUT2D eigenvalue weighted by atomic mass is 10.1. The van der Waals surface area contributed by atoms with Gasteiger partial charge >= 0.3 is 5.69 Å². The number of benzene rings is 2. The van der Waals surface area contributed by atoms with Crippen LogP contribution in [0.4, 0.5) is 5.69 Å². The molecule has 0 aromatic heterocycles. The summed E-state index contributed by atoms with van der Waals surface area (Å²) in [5.41, 5.74) is 2.88. The first-order valence-corrected chi connectivity index (χ1v) is 6.40. The summed E-state index contributed by atoms with van der Waals surface area (Å²) < 4.78 is 0. The molecule has 2 N–H and O–H groups in total. The molecule has 22 heavy (non-hydrogen) atoms. The number of aromatic hydroxyl groups is 1. The highest BCUT2D eigenvalue weighted by atomic mass is 16.6. The first kappa shape index (κ1) is 15.2. The highest BCUT2D eigenvalue weighted by Gasteiger charge is 2.15. The smallest absolute Gasteiger partial charge is 0.311 e. The van der Waals surface area contributed by atoms with Crippen LogP contribution in [-0.2, 0) is 11.2 Å². The van der Waals surface area contributed by atoms with E-state index in [0.29, 0.717) is 0 Å². The number of carbonyl (C=O) groups excluding carboxylic acids is 1. The molecule has 0 spiro atoms. The molecule has 7 nitrogen and oxygen atoms in total. The van der Waals surface area contributed by atoms with Crippen LogP contribution < -0.4 is 5.43 Å². The maximum absolute atomic E-state index is 11.7. The van der Waals surface area contributed by atoms with Crippen molar-refractivity contribution in [3.8, 4) is 5.75 Å². The zero-order valence-corrected chi connectivity index (χ0v) is 11.5. The first-order valence-electron chi connectivity index (χ1n) is 6.40. The normalized spacial score (nSPS) is 10.5. The Morgan fingerprint density at radius 2 is 1.95 bits per heavy atom. The largest absolute Gasteiger partial charge is 0.502 e. The molecule has 0 atom stereocenters. The van der Waals surface area contributed by atoms with Crippen molar-refractivity contribution in [2.24, 2.45) is 5.10 Å². The number of hydrazone groups is 1. The Kier molecular flexibility index (Phi) is 4.81. The molecule has 0 radical (unpaired) electrons. The van der Waals surface area contributed by atoms with Crippen LogP contribution in [0.15, 0.2) is 53.6 Å². The van der Waals surface area contributed by atoms with E-state index in [0.717, 1.165) is 11.8 Å². The molecule has 2 rings (SSSR count). The minimum Gasteiger partial charge on any atom is -0.502 e. The summed E-state index contributed by atoms with van der Waals surface area (Å²) >= 11 is 0. The van der Waals surface area contributed by atoms with Crippen molar-refractivity contribution in [2.45, 2.75) is 6.42 Å². The van der Waals surface area contributed by atoms with Crippen molar-refractivity contribution in [3.63, 3.8) is 0 Å². The van der Waals surface area contributed by atoms with Gasteiger partial charge in [-0.1, -0.05) is 36.4 Å². The van der Waals surface area contributed by atoms with E-state index >= 15 is 0 Å². The van der Waals surface area contributed by atoms with Gasteiger partial charge in [-0.3, -0.25) is 14.9 Å². The summed E-state index contributed by atoms with van der Waals surface area (Å²) in [6.07, 6.45) is 1.32. The zero-order valence-electron chi connectivity index (χ0n) is 11.5. The molecule has 0 aliphatic carbocycles. The van der Waals surface area contributed by atoms with Gasteiger partial charge in [0.15, 0.2) is 0 Å². The van der Waals surface area contributed by atoms with Crippen molar-refractivity contribution in [1.82, 2.24) is 5.43 Å². The van der Waals surface area contributed by atoms with E-state index < -0.39 is 16.4 Å². The monoisotopic (exact) mass is 299 g/mol. The Morgan fingerprint density at radius 1 is 1.23 bits per heavy atom. The Labute approximate surface area is 126 Å². The highest BCUT2D eigenvalue weighted by Crippen LogP contribution is 2.27. The second-order valence-electron chi connectivity index (χ2n) is 4.43. The van der Waals surface area contributed by atoms with Crippen LogP contribution in [0.2, 0.25) is 0 Å². The molecule has 7 heteroatoms. The van der Waals surface area contributed by atoms with Gasteiger partial charge in [0, 0.05) is 11.6 Å². The van der Waals surface area contributed by atoms with Gasteiger partial charge in [-0.05, 0) is 11.6 Å². The van der Waals surface area contributed by atoms with E-state index in [1.165, 1.54) is 18.2 Å². The summed E-state index contributed by atoms with van der Waals surface area (Å²) in [7, 11) is 0. The molecular weight excluding hydrogens is 286 g/mol. The maximum atomic E-state index is 11.7. The molecule has 0 heterocycles. The summed E-state index contributed by atoms with van der Waals surface area (Å²) in [6.45, 7) is 0. The lowest BCUT2D eigenvalue weighted by molar-refractivity contribution is -0.385. The summed E-state index contributed by atoms with van der Waals surface area (Å²) in [5.74, 6) is -0.819. The molecule has 0 unspecified atom stereocenters. The number of para-hydroxylation sites is 1. The van der Waals surface area contributed by atoms with Crippen LogP contribution in [0.3, 0.4) is 0 Å². The van der Waals surface area contributed by atoms with Gasteiger partial charge in [0.1, 0.15) is 0 Å². The minimum absolute atomic E-state index is 0.147. The number of carbonyl (C=O) groups is 1. The van der Waals surface area contributed by atoms with Gasteiger partial charge in [-0.2, -0.15) is 5.10 Å². The van der Waals surface area contributed by atoms with Crippen LogP contribution in [0.5, 0.6) is 5.75 Å². The van der Waals surface area contributed by atoms with E-state index in [9.17, 15) is 20.0 Å². The number of nitro groups is 1. The highest BCUT2D eigenvalue weighted by molar-refractivity contribution is 5.87. The number of nitrogens with one attached hydrogen (secondary N) is 1. The van der Waals surface area contributed by atoms with Crippen LogP contribution in [0.25, 0.3) is 0 Å². The lowest BCUT2D eigenvalue weighted by Gasteiger charge is -2.01. The van der Waals surface area contributed by atoms with E-state index in [4.69, 9.17) is 0 Å². The van der Waals surface area contributed by atoms with Crippen molar-refractivity contribution in [1.29, 1.82) is 0 Å². The molecule has 0 bridgehead atoms. The van der Waals surface area contributed by atoms with Crippen LogP contribution in [0, 0.1) is 10.1 Å². The van der Waals surface area contributed by atoms with Crippen LogP contribution >= 0.6 is 0 Å². The molecular formula is C15H13N3O4. The number of nitro benzene ring substituents is 1. The molecule has 112 valence electrons. The minimum atomic E-state index is -0.694. The molecule has 0 saturated carbocycles. The summed E-state index contributed by atoms with van der Waals surface area (Å²) in [6, 6.07) is 13.2. The second kappa shape index (κ2) is 6.98. The number of phenols is 1. The van der Waals surface area contributed by atoms with Gasteiger partial charge < -0.3 is 5.11 Å². The Balaban J connectivity index is 1.99. The van der Waals surface area contributed by atoms with E-state index in [1.807, 2.05) is 30.3 Å². The topological polar surface area (TPSA) is 105 Å². The lowest BCUT2D eigenvalue weighted by Crippen LogP contribution is -2.19. The quantitative estimate of drug-likeness (QED) is 0.500. The van der Waals surface area contributed by atoms with E-state index in [2.05, 4.69) is 10.5 Å². The Bertz CT molecular complexity index is 714. The molecule has 0 saturated heterocycles. The molecule has 1 amide bonds. The molecule has 2 aromatic rings. The second-order valence-corrected chi connectivity index (χ2v) is 4.43. The Hall–Kier alpha value is -3.22. The van der Waals surface area contributed by atoms with Crippen molar-refractivity contribution >= 4 is 17.8 Å². The average molecular weight is 299 g/mol. The van der Waals surface area contributed by atoms with Gasteiger partial charge in [-0.15, -0.1) is 0 Å². The number of rotatable bonds is 5. The summed E-state index contributed by atoms with van der Waals surface area (Å²) in [5, 5.41) is 24.1. The molecule has 0 aliphatic heterocycles. The number of hydrogen-bond donors (Lipinski definition) is 2. The zero-order chi connectivity index (χ0) is 15.9. The fourth-order valence-corrected chi connectivity index (χ4v) is 1.79. The number of nitrogens with zero attached hydrogens (tertiary/aromatic N) is 2. The number of amides is 1. The van der Waals surface area contributed by atoms with Crippen molar-refractivity contribution < 1.29 is 14.8 Å². The van der Waals surface area contributed by atoms with Gasteiger partial charge in [0.2, 0.25) is 11.7 Å². The fraction of sp³-hybridized carbons (Fsp3) is 0.0667. The standard InChI is InChI=1S/C15H13N3O4/c19-14(9-11-5-2-1-3-6-11)17-16-10-12-7-4-8-13(15(12)20)18(21)22/h1-8,10,20H,9H2,(H,17,19)/b16-10+. The van der Waals surface area contributed by atoms with Crippen LogP contribution in [-0.4, -0.2) is 22.2 Å². The number of phenolic OH excluding ortho intramolecular Hbond substituents is 1. The summed E-state index contributed by atoms with van der Waals surface area (Å²) in [4.78, 5) is 21.7. The Morgan fingerprint density at radius 3 is 2.64 bits per heavy atom.